The van der Waals surface area contributed by atoms with E-state index in [0.29, 0.717) is 0 Å². The fourth-order valence-corrected chi connectivity index (χ4v) is 1.97. The van der Waals surface area contributed by atoms with Crippen LogP contribution in [0.15, 0.2) is 29.3 Å². The van der Waals surface area contributed by atoms with Gasteiger partial charge in [0.15, 0.2) is 0 Å². The smallest absolute Gasteiger partial charge is 0.124 e. The van der Waals surface area contributed by atoms with Crippen LogP contribution in [0.4, 0.5) is 0 Å². The van der Waals surface area contributed by atoms with Gasteiger partial charge < -0.3 is 9.84 Å². The van der Waals surface area contributed by atoms with Crippen molar-refractivity contribution in [1.29, 1.82) is 0 Å². The van der Waals surface area contributed by atoms with Crippen molar-refractivity contribution < 1.29 is 9.84 Å². The molecule has 0 spiro atoms. The first-order chi connectivity index (χ1) is 8.86. The zero-order valence-electron chi connectivity index (χ0n) is 10.6. The molecule has 1 fully saturated rings. The van der Waals surface area contributed by atoms with Crippen molar-refractivity contribution in [3.05, 3.63) is 29.8 Å². The monoisotopic (exact) mass is 248 g/mol. The zero-order valence-corrected chi connectivity index (χ0v) is 10.6. The molecule has 0 radical (unpaired) electrons. The maximum absolute atomic E-state index is 9.56. The highest BCUT2D eigenvalue weighted by molar-refractivity contribution is 5.83. The predicted octanol–water partition coefficient (Wildman–Crippen LogP) is 1.53. The first-order valence-corrected chi connectivity index (χ1v) is 6.44. The number of aliphatic imine (C=N–C) groups is 1. The Hall–Kier alpha value is -1.39. The average Bonchev–Trinajstić information content (AvgIpc) is 2.42. The number of phenols is 1. The van der Waals surface area contributed by atoms with Crippen LogP contribution in [0, 0.1) is 0 Å². The van der Waals surface area contributed by atoms with Crippen LogP contribution in [0.5, 0.6) is 5.75 Å². The summed E-state index contributed by atoms with van der Waals surface area (Å²) in [5.41, 5.74) is 0.781. The van der Waals surface area contributed by atoms with Crippen molar-refractivity contribution in [2.75, 3.05) is 39.4 Å². The van der Waals surface area contributed by atoms with E-state index in [9.17, 15) is 5.11 Å². The molecule has 4 heteroatoms. The molecular weight excluding hydrogens is 228 g/mol. The van der Waals surface area contributed by atoms with E-state index in [2.05, 4.69) is 9.89 Å². The summed E-state index contributed by atoms with van der Waals surface area (Å²) in [7, 11) is 0. The van der Waals surface area contributed by atoms with Crippen molar-refractivity contribution >= 4 is 6.21 Å². The molecule has 0 amide bonds. The second kappa shape index (κ2) is 7.13. The molecule has 1 saturated heterocycles. The lowest BCUT2D eigenvalue weighted by molar-refractivity contribution is 0.0377. The van der Waals surface area contributed by atoms with Gasteiger partial charge in [-0.3, -0.25) is 9.89 Å². The van der Waals surface area contributed by atoms with Crippen LogP contribution in [0.1, 0.15) is 12.0 Å². The van der Waals surface area contributed by atoms with Crippen molar-refractivity contribution in [3.63, 3.8) is 0 Å². The number of benzene rings is 1. The van der Waals surface area contributed by atoms with Crippen molar-refractivity contribution in [3.8, 4) is 5.75 Å². The molecule has 0 atom stereocenters. The third-order valence-electron chi connectivity index (χ3n) is 3.03. The maximum Gasteiger partial charge on any atom is 0.124 e. The van der Waals surface area contributed by atoms with Gasteiger partial charge in [-0.1, -0.05) is 12.1 Å². The lowest BCUT2D eigenvalue weighted by Crippen LogP contribution is -2.37. The van der Waals surface area contributed by atoms with Crippen LogP contribution in [-0.2, 0) is 4.74 Å². The summed E-state index contributed by atoms with van der Waals surface area (Å²) in [4.78, 5) is 6.75. The maximum atomic E-state index is 9.56. The van der Waals surface area contributed by atoms with Gasteiger partial charge in [0, 0.05) is 38.0 Å². The van der Waals surface area contributed by atoms with Crippen LogP contribution < -0.4 is 0 Å². The second-order valence-corrected chi connectivity index (χ2v) is 4.40. The topological polar surface area (TPSA) is 45.1 Å². The second-order valence-electron chi connectivity index (χ2n) is 4.40. The summed E-state index contributed by atoms with van der Waals surface area (Å²) in [6.07, 6.45) is 2.79. The van der Waals surface area contributed by atoms with Crippen LogP contribution in [0.3, 0.4) is 0 Å². The molecule has 0 unspecified atom stereocenters. The van der Waals surface area contributed by atoms with E-state index in [1.54, 1.807) is 12.3 Å². The third kappa shape index (κ3) is 4.13. The van der Waals surface area contributed by atoms with Gasteiger partial charge in [-0.2, -0.15) is 0 Å². The van der Waals surface area contributed by atoms with Crippen molar-refractivity contribution in [2.24, 2.45) is 4.99 Å². The van der Waals surface area contributed by atoms with Gasteiger partial charge in [-0.15, -0.1) is 0 Å². The van der Waals surface area contributed by atoms with Crippen LogP contribution in [0.25, 0.3) is 0 Å². The van der Waals surface area contributed by atoms with Gasteiger partial charge >= 0.3 is 0 Å². The number of ether oxygens (including phenoxy) is 1. The van der Waals surface area contributed by atoms with Gasteiger partial charge in [0.2, 0.25) is 0 Å². The molecule has 0 aliphatic carbocycles. The van der Waals surface area contributed by atoms with Gasteiger partial charge in [0.25, 0.3) is 0 Å². The minimum absolute atomic E-state index is 0.287. The third-order valence-corrected chi connectivity index (χ3v) is 3.03. The Balaban J connectivity index is 1.67. The largest absolute Gasteiger partial charge is 0.507 e. The Labute approximate surface area is 108 Å². The average molecular weight is 248 g/mol. The lowest BCUT2D eigenvalue weighted by Gasteiger charge is -2.26. The molecule has 1 heterocycles. The molecule has 1 aromatic rings. The number of aromatic hydroxyl groups is 1. The first kappa shape index (κ1) is 13.1. The number of morpholine rings is 1. The van der Waals surface area contributed by atoms with E-state index in [1.807, 2.05) is 18.2 Å². The summed E-state index contributed by atoms with van der Waals surface area (Å²) in [6.45, 7) is 5.63. The Bertz CT molecular complexity index is 387. The minimum atomic E-state index is 0.287. The number of phenolic OH excluding ortho intramolecular Hbond substituents is 1. The summed E-state index contributed by atoms with van der Waals surface area (Å²) < 4.78 is 5.30. The van der Waals surface area contributed by atoms with Gasteiger partial charge in [0.1, 0.15) is 5.75 Å². The minimum Gasteiger partial charge on any atom is -0.507 e. The van der Waals surface area contributed by atoms with E-state index in [1.165, 1.54) is 0 Å². The molecule has 0 saturated carbocycles. The van der Waals surface area contributed by atoms with Gasteiger partial charge in [-0.25, -0.2) is 0 Å². The van der Waals surface area contributed by atoms with E-state index in [-0.39, 0.29) is 5.75 Å². The van der Waals surface area contributed by atoms with Crippen LogP contribution >= 0.6 is 0 Å². The number of rotatable bonds is 5. The molecule has 1 aliphatic rings. The Morgan fingerprint density at radius 1 is 1.28 bits per heavy atom. The Kier molecular flexibility index (Phi) is 5.17. The predicted molar refractivity (Wildman–Crippen MR) is 72.4 cm³/mol. The van der Waals surface area contributed by atoms with Crippen molar-refractivity contribution in [2.45, 2.75) is 6.42 Å². The van der Waals surface area contributed by atoms with Crippen LogP contribution in [-0.4, -0.2) is 55.6 Å². The van der Waals surface area contributed by atoms with E-state index in [0.717, 1.165) is 51.4 Å². The Morgan fingerprint density at radius 3 is 2.83 bits per heavy atom. The summed E-state index contributed by atoms with van der Waals surface area (Å²) in [5, 5.41) is 9.56. The Morgan fingerprint density at radius 2 is 2.06 bits per heavy atom. The molecule has 1 aromatic carbocycles. The summed E-state index contributed by atoms with van der Waals surface area (Å²) >= 11 is 0. The van der Waals surface area contributed by atoms with Crippen LogP contribution in [0.2, 0.25) is 0 Å². The molecule has 2 rings (SSSR count). The van der Waals surface area contributed by atoms with Gasteiger partial charge in [0.05, 0.1) is 13.2 Å². The SMILES string of the molecule is Oc1ccccc1C=NCCCN1CCOCC1. The van der Waals surface area contributed by atoms with E-state index >= 15 is 0 Å². The van der Waals surface area contributed by atoms with Crippen molar-refractivity contribution in [1.82, 2.24) is 4.90 Å². The van der Waals surface area contributed by atoms with Gasteiger partial charge in [-0.05, 0) is 18.6 Å². The number of nitrogens with zero attached hydrogens (tertiary/aromatic N) is 2. The highest BCUT2D eigenvalue weighted by atomic mass is 16.5. The molecule has 0 bridgehead atoms. The standard InChI is InChI=1S/C14H20N2O2/c17-14-5-2-1-4-13(14)12-15-6-3-7-16-8-10-18-11-9-16/h1-2,4-5,12,17H,3,6-11H2. The molecule has 1 N–H and O–H groups in total. The summed E-state index contributed by atoms with van der Waals surface area (Å²) in [6, 6.07) is 7.25. The highest BCUT2D eigenvalue weighted by Crippen LogP contribution is 2.12. The lowest BCUT2D eigenvalue weighted by atomic mass is 10.2. The quantitative estimate of drug-likeness (QED) is 0.635. The summed E-state index contributed by atoms with van der Waals surface area (Å²) in [5.74, 6) is 0.287. The molecule has 0 aromatic heterocycles. The molecule has 4 nitrogen and oxygen atoms in total. The normalized spacial score (nSPS) is 17.3. The fraction of sp³-hybridized carbons (Fsp3) is 0.500. The number of hydrogen-bond acceptors (Lipinski definition) is 4. The fourth-order valence-electron chi connectivity index (χ4n) is 1.97. The number of para-hydroxylation sites is 1. The number of hydrogen-bond donors (Lipinski definition) is 1. The van der Waals surface area contributed by atoms with E-state index < -0.39 is 0 Å². The first-order valence-electron chi connectivity index (χ1n) is 6.44. The van der Waals surface area contributed by atoms with E-state index in [4.69, 9.17) is 4.74 Å². The zero-order chi connectivity index (χ0) is 12.6. The molecular formula is C14H20N2O2. The molecule has 98 valence electrons. The molecule has 18 heavy (non-hydrogen) atoms. The highest BCUT2D eigenvalue weighted by Gasteiger charge is 2.08. The molecule has 1 aliphatic heterocycles.